The van der Waals surface area contributed by atoms with Crippen LogP contribution in [0.5, 0.6) is 0 Å². The lowest BCUT2D eigenvalue weighted by atomic mass is 10.2. The Kier molecular flexibility index (Phi) is 4.16. The normalized spacial score (nSPS) is 20.6. The summed E-state index contributed by atoms with van der Waals surface area (Å²) in [6.45, 7) is 1.89. The zero-order valence-electron chi connectivity index (χ0n) is 15.4. The fourth-order valence-electron chi connectivity index (χ4n) is 4.26. The Labute approximate surface area is 158 Å². The molecule has 4 heterocycles. The summed E-state index contributed by atoms with van der Waals surface area (Å²) in [5, 5.41) is 4.32. The number of aromatic nitrogens is 4. The van der Waals surface area contributed by atoms with Crippen LogP contribution in [0.3, 0.4) is 0 Å². The van der Waals surface area contributed by atoms with Gasteiger partial charge in [0.05, 0.1) is 11.9 Å². The fourth-order valence-corrected chi connectivity index (χ4v) is 4.26. The van der Waals surface area contributed by atoms with Crippen LogP contribution in [0.4, 0.5) is 17.5 Å². The first kappa shape index (κ1) is 16.5. The van der Waals surface area contributed by atoms with Crippen molar-refractivity contribution in [3.8, 4) is 0 Å². The second-order valence-electron chi connectivity index (χ2n) is 7.66. The van der Waals surface area contributed by atoms with Gasteiger partial charge in [-0.2, -0.15) is 4.98 Å². The Morgan fingerprint density at radius 1 is 1.04 bits per heavy atom. The van der Waals surface area contributed by atoms with Gasteiger partial charge in [-0.15, -0.1) is 0 Å². The first-order chi connectivity index (χ1) is 13.3. The molecular formula is C20H25N7. The van der Waals surface area contributed by atoms with E-state index in [1.807, 2.05) is 18.5 Å². The molecule has 5 rings (SSSR count). The first-order valence-corrected chi connectivity index (χ1v) is 9.83. The molecule has 1 atom stereocenters. The average Bonchev–Trinajstić information content (AvgIpc) is 3.42. The summed E-state index contributed by atoms with van der Waals surface area (Å²) < 4.78 is 2.31. The molecule has 0 radical (unpaired) electrons. The van der Waals surface area contributed by atoms with Gasteiger partial charge in [0.15, 0.2) is 0 Å². The lowest BCUT2D eigenvalue weighted by molar-refractivity contribution is 0.532. The van der Waals surface area contributed by atoms with Gasteiger partial charge in [0.1, 0.15) is 11.5 Å². The van der Waals surface area contributed by atoms with Gasteiger partial charge in [0.2, 0.25) is 5.95 Å². The van der Waals surface area contributed by atoms with Crippen LogP contribution in [-0.2, 0) is 0 Å². The van der Waals surface area contributed by atoms with Crippen molar-refractivity contribution in [2.75, 3.05) is 23.3 Å². The summed E-state index contributed by atoms with van der Waals surface area (Å²) >= 11 is 0. The fraction of sp³-hybridized carbons (Fsp3) is 0.450. The predicted octanol–water partition coefficient (Wildman–Crippen LogP) is 3.22. The standard InChI is InChI=1S/C20H25N7/c21-15-8-9-26(13-15)17-5-6-18(22-12-17)24-20-23-11-14-7-10-27(19(14)25-20)16-3-1-2-4-16/h5-7,10-12,15-16H,1-4,8-9,13,21H2,(H,22,23,24,25). The minimum atomic E-state index is 0.263. The number of nitrogens with two attached hydrogens (primary N) is 1. The van der Waals surface area contributed by atoms with Crippen LogP contribution in [-0.4, -0.2) is 38.7 Å². The van der Waals surface area contributed by atoms with Gasteiger partial charge < -0.3 is 20.5 Å². The quantitative estimate of drug-likeness (QED) is 0.740. The molecule has 1 aliphatic heterocycles. The van der Waals surface area contributed by atoms with Crippen molar-refractivity contribution >= 4 is 28.5 Å². The number of nitrogens with zero attached hydrogens (tertiary/aromatic N) is 5. The van der Waals surface area contributed by atoms with E-state index in [1.54, 1.807) is 0 Å². The topological polar surface area (TPSA) is 84.9 Å². The molecule has 7 nitrogen and oxygen atoms in total. The van der Waals surface area contributed by atoms with Crippen molar-refractivity contribution in [2.45, 2.75) is 44.2 Å². The largest absolute Gasteiger partial charge is 0.369 e. The number of pyridine rings is 1. The van der Waals surface area contributed by atoms with Crippen LogP contribution in [0.2, 0.25) is 0 Å². The molecule has 0 amide bonds. The number of hydrogen-bond acceptors (Lipinski definition) is 6. The maximum Gasteiger partial charge on any atom is 0.230 e. The molecule has 3 aromatic rings. The number of fused-ring (bicyclic) bond motifs is 1. The zero-order valence-corrected chi connectivity index (χ0v) is 15.4. The molecule has 3 aromatic heterocycles. The Balaban J connectivity index is 1.35. The molecule has 1 saturated carbocycles. The zero-order chi connectivity index (χ0) is 18.2. The Morgan fingerprint density at radius 2 is 1.93 bits per heavy atom. The van der Waals surface area contributed by atoms with Crippen LogP contribution < -0.4 is 16.0 Å². The number of hydrogen-bond donors (Lipinski definition) is 2. The van der Waals surface area contributed by atoms with E-state index in [4.69, 9.17) is 10.7 Å². The van der Waals surface area contributed by atoms with Crippen LogP contribution in [0, 0.1) is 0 Å². The first-order valence-electron chi connectivity index (χ1n) is 9.83. The minimum Gasteiger partial charge on any atom is -0.369 e. The number of rotatable bonds is 4. The molecule has 1 unspecified atom stereocenters. The molecule has 0 spiro atoms. The van der Waals surface area contributed by atoms with Gasteiger partial charge in [-0.25, -0.2) is 9.97 Å². The van der Waals surface area contributed by atoms with E-state index in [2.05, 4.69) is 43.1 Å². The van der Waals surface area contributed by atoms with Crippen molar-refractivity contribution < 1.29 is 0 Å². The van der Waals surface area contributed by atoms with Crippen LogP contribution in [0.25, 0.3) is 11.0 Å². The molecular weight excluding hydrogens is 338 g/mol. The number of anilines is 3. The van der Waals surface area contributed by atoms with E-state index in [-0.39, 0.29) is 6.04 Å². The Hall–Kier alpha value is -2.67. The second-order valence-corrected chi connectivity index (χ2v) is 7.66. The summed E-state index contributed by atoms with van der Waals surface area (Å²) in [5.41, 5.74) is 8.11. The van der Waals surface area contributed by atoms with E-state index in [1.165, 1.54) is 25.7 Å². The molecule has 1 saturated heterocycles. The maximum absolute atomic E-state index is 6.00. The summed E-state index contributed by atoms with van der Waals surface area (Å²) in [4.78, 5) is 16.0. The lowest BCUT2D eigenvalue weighted by Crippen LogP contribution is -2.26. The lowest BCUT2D eigenvalue weighted by Gasteiger charge is -2.17. The van der Waals surface area contributed by atoms with Crippen molar-refractivity contribution in [1.82, 2.24) is 19.5 Å². The predicted molar refractivity (Wildman–Crippen MR) is 107 cm³/mol. The molecule has 0 bridgehead atoms. The van der Waals surface area contributed by atoms with Crippen LogP contribution in [0.1, 0.15) is 38.1 Å². The average molecular weight is 363 g/mol. The van der Waals surface area contributed by atoms with Crippen molar-refractivity contribution in [3.05, 3.63) is 36.8 Å². The third kappa shape index (κ3) is 3.23. The maximum atomic E-state index is 6.00. The van der Waals surface area contributed by atoms with Crippen molar-refractivity contribution in [3.63, 3.8) is 0 Å². The van der Waals surface area contributed by atoms with E-state index < -0.39 is 0 Å². The highest BCUT2D eigenvalue weighted by atomic mass is 15.2. The third-order valence-corrected chi connectivity index (χ3v) is 5.75. The van der Waals surface area contributed by atoms with E-state index >= 15 is 0 Å². The van der Waals surface area contributed by atoms with Crippen molar-refractivity contribution in [1.29, 1.82) is 0 Å². The SMILES string of the molecule is NC1CCN(c2ccc(Nc3ncc4ccn(C5CCCC5)c4n3)nc2)C1. The van der Waals surface area contributed by atoms with E-state index in [0.29, 0.717) is 12.0 Å². The Bertz CT molecular complexity index is 927. The molecule has 2 fully saturated rings. The highest BCUT2D eigenvalue weighted by Crippen LogP contribution is 2.32. The number of nitrogens with one attached hydrogen (secondary N) is 1. The minimum absolute atomic E-state index is 0.263. The second kappa shape index (κ2) is 6.81. The van der Waals surface area contributed by atoms with E-state index in [0.717, 1.165) is 42.0 Å². The van der Waals surface area contributed by atoms with Gasteiger partial charge in [-0.3, -0.25) is 0 Å². The Morgan fingerprint density at radius 3 is 2.67 bits per heavy atom. The molecule has 140 valence electrons. The van der Waals surface area contributed by atoms with Crippen LogP contribution in [0.15, 0.2) is 36.8 Å². The summed E-state index contributed by atoms with van der Waals surface area (Å²) in [6.07, 6.45) is 12.0. The smallest absolute Gasteiger partial charge is 0.230 e. The van der Waals surface area contributed by atoms with Gasteiger partial charge in [0.25, 0.3) is 0 Å². The summed E-state index contributed by atoms with van der Waals surface area (Å²) in [5.74, 6) is 1.34. The summed E-state index contributed by atoms with van der Waals surface area (Å²) in [6, 6.07) is 6.98. The van der Waals surface area contributed by atoms with Crippen molar-refractivity contribution in [2.24, 2.45) is 5.73 Å². The van der Waals surface area contributed by atoms with Gasteiger partial charge in [-0.1, -0.05) is 12.8 Å². The molecule has 27 heavy (non-hydrogen) atoms. The third-order valence-electron chi connectivity index (χ3n) is 5.75. The molecule has 7 heteroatoms. The van der Waals surface area contributed by atoms with Gasteiger partial charge >= 0.3 is 0 Å². The highest BCUT2D eigenvalue weighted by Gasteiger charge is 2.20. The summed E-state index contributed by atoms with van der Waals surface area (Å²) in [7, 11) is 0. The molecule has 3 N–H and O–H groups in total. The van der Waals surface area contributed by atoms with Crippen LogP contribution >= 0.6 is 0 Å². The molecule has 1 aliphatic carbocycles. The van der Waals surface area contributed by atoms with Gasteiger partial charge in [-0.05, 0) is 37.5 Å². The molecule has 2 aliphatic rings. The highest BCUT2D eigenvalue weighted by molar-refractivity contribution is 5.77. The monoisotopic (exact) mass is 363 g/mol. The van der Waals surface area contributed by atoms with E-state index in [9.17, 15) is 0 Å². The molecule has 0 aromatic carbocycles. The van der Waals surface area contributed by atoms with Gasteiger partial charge in [0, 0.05) is 43.0 Å².